The standard InChI is InChI=1S/C8H10INS/c1-3-7(10-2)6-4-8(9)11-5-6/h3-5,7,10H,1H2,2H3. The molecule has 1 N–H and O–H groups in total. The Labute approximate surface area is 84.7 Å². The van der Waals surface area contributed by atoms with Gasteiger partial charge in [0.05, 0.1) is 8.93 Å². The number of thiophene rings is 1. The van der Waals surface area contributed by atoms with Crippen LogP contribution in [0.2, 0.25) is 0 Å². The minimum absolute atomic E-state index is 0.301. The van der Waals surface area contributed by atoms with E-state index < -0.39 is 0 Å². The van der Waals surface area contributed by atoms with Gasteiger partial charge in [-0.3, -0.25) is 0 Å². The van der Waals surface area contributed by atoms with Crippen molar-refractivity contribution in [3.63, 3.8) is 0 Å². The second-order valence-electron chi connectivity index (χ2n) is 2.19. The Morgan fingerprint density at radius 3 is 2.91 bits per heavy atom. The molecule has 0 aliphatic carbocycles. The molecule has 0 aliphatic rings. The van der Waals surface area contributed by atoms with Gasteiger partial charge in [0.2, 0.25) is 0 Å². The van der Waals surface area contributed by atoms with Crippen LogP contribution in [0.15, 0.2) is 24.1 Å². The smallest absolute Gasteiger partial charge is 0.0656 e. The summed E-state index contributed by atoms with van der Waals surface area (Å²) in [5.41, 5.74) is 1.30. The van der Waals surface area contributed by atoms with Crippen molar-refractivity contribution in [3.05, 3.63) is 32.5 Å². The van der Waals surface area contributed by atoms with Gasteiger partial charge >= 0.3 is 0 Å². The van der Waals surface area contributed by atoms with Crippen molar-refractivity contribution >= 4 is 33.9 Å². The molecule has 11 heavy (non-hydrogen) atoms. The highest BCUT2D eigenvalue weighted by Crippen LogP contribution is 2.22. The van der Waals surface area contributed by atoms with E-state index in [0.717, 1.165) is 0 Å². The van der Waals surface area contributed by atoms with Gasteiger partial charge in [-0.25, -0.2) is 0 Å². The van der Waals surface area contributed by atoms with Crippen LogP contribution in [0.4, 0.5) is 0 Å². The van der Waals surface area contributed by atoms with E-state index in [2.05, 4.69) is 45.9 Å². The third-order valence-electron chi connectivity index (χ3n) is 1.49. The number of likely N-dealkylation sites (N-methyl/N-ethyl adjacent to an activating group) is 1. The van der Waals surface area contributed by atoms with Gasteiger partial charge in [0.15, 0.2) is 0 Å². The molecule has 0 fully saturated rings. The molecule has 0 amide bonds. The SMILES string of the molecule is C=CC(NC)c1csc(I)c1. The summed E-state index contributed by atoms with van der Waals surface area (Å²) in [5, 5.41) is 5.32. The van der Waals surface area contributed by atoms with Crippen LogP contribution in [0.25, 0.3) is 0 Å². The van der Waals surface area contributed by atoms with Crippen molar-refractivity contribution < 1.29 is 0 Å². The van der Waals surface area contributed by atoms with E-state index >= 15 is 0 Å². The van der Waals surface area contributed by atoms with Gasteiger partial charge in [0, 0.05) is 0 Å². The zero-order valence-electron chi connectivity index (χ0n) is 6.30. The second kappa shape index (κ2) is 4.23. The largest absolute Gasteiger partial charge is 0.310 e. The van der Waals surface area contributed by atoms with E-state index in [1.807, 2.05) is 13.1 Å². The third kappa shape index (κ3) is 2.28. The minimum Gasteiger partial charge on any atom is -0.310 e. The Balaban J connectivity index is 2.81. The summed E-state index contributed by atoms with van der Waals surface area (Å²) in [5.74, 6) is 0. The first-order valence-electron chi connectivity index (χ1n) is 3.31. The molecule has 1 rings (SSSR count). The topological polar surface area (TPSA) is 12.0 Å². The van der Waals surface area contributed by atoms with Crippen molar-refractivity contribution in [3.8, 4) is 0 Å². The number of hydrogen-bond acceptors (Lipinski definition) is 2. The highest BCUT2D eigenvalue weighted by molar-refractivity contribution is 14.1. The molecule has 1 unspecified atom stereocenters. The lowest BCUT2D eigenvalue weighted by Crippen LogP contribution is -2.12. The van der Waals surface area contributed by atoms with E-state index in [4.69, 9.17) is 0 Å². The first-order valence-corrected chi connectivity index (χ1v) is 5.27. The van der Waals surface area contributed by atoms with Crippen molar-refractivity contribution in [2.75, 3.05) is 7.05 Å². The zero-order chi connectivity index (χ0) is 8.27. The molecular weight excluding hydrogens is 269 g/mol. The van der Waals surface area contributed by atoms with Crippen molar-refractivity contribution in [2.24, 2.45) is 0 Å². The minimum atomic E-state index is 0.301. The molecule has 0 bridgehead atoms. The Morgan fingerprint density at radius 2 is 2.55 bits per heavy atom. The summed E-state index contributed by atoms with van der Waals surface area (Å²) < 4.78 is 1.32. The maximum absolute atomic E-state index is 3.76. The number of halogens is 1. The molecular formula is C8H10INS. The van der Waals surface area contributed by atoms with Crippen LogP contribution in [0.5, 0.6) is 0 Å². The maximum atomic E-state index is 3.76. The summed E-state index contributed by atoms with van der Waals surface area (Å²) in [7, 11) is 1.94. The second-order valence-corrected chi connectivity index (χ2v) is 4.99. The molecule has 0 radical (unpaired) electrons. The molecule has 0 saturated carbocycles. The van der Waals surface area contributed by atoms with Crippen molar-refractivity contribution in [2.45, 2.75) is 6.04 Å². The number of rotatable bonds is 3. The fourth-order valence-electron chi connectivity index (χ4n) is 0.907. The molecule has 0 aromatic carbocycles. The summed E-state index contributed by atoms with van der Waals surface area (Å²) in [6.45, 7) is 3.76. The van der Waals surface area contributed by atoms with Crippen molar-refractivity contribution in [1.29, 1.82) is 0 Å². The molecule has 1 heterocycles. The first-order chi connectivity index (χ1) is 5.27. The normalized spacial score (nSPS) is 12.9. The molecule has 0 spiro atoms. The van der Waals surface area contributed by atoms with Crippen molar-refractivity contribution in [1.82, 2.24) is 5.32 Å². The van der Waals surface area contributed by atoms with Gasteiger partial charge in [-0.05, 0) is 46.6 Å². The maximum Gasteiger partial charge on any atom is 0.0656 e. The quantitative estimate of drug-likeness (QED) is 0.662. The van der Waals surface area contributed by atoms with Crippen LogP contribution in [-0.4, -0.2) is 7.05 Å². The Hall–Kier alpha value is 0.130. The summed E-state index contributed by atoms with van der Waals surface area (Å²) in [6, 6.07) is 2.48. The number of hydrogen-bond donors (Lipinski definition) is 1. The van der Waals surface area contributed by atoms with Gasteiger partial charge in [-0.2, -0.15) is 0 Å². The van der Waals surface area contributed by atoms with E-state index in [1.165, 1.54) is 8.45 Å². The monoisotopic (exact) mass is 279 g/mol. The van der Waals surface area contributed by atoms with Gasteiger partial charge in [-0.1, -0.05) is 6.08 Å². The summed E-state index contributed by atoms with van der Waals surface area (Å²) in [4.78, 5) is 0. The van der Waals surface area contributed by atoms with Gasteiger partial charge < -0.3 is 5.32 Å². The van der Waals surface area contributed by atoms with Crippen LogP contribution in [-0.2, 0) is 0 Å². The highest BCUT2D eigenvalue weighted by atomic mass is 127. The third-order valence-corrected chi connectivity index (χ3v) is 3.30. The molecule has 60 valence electrons. The molecule has 1 aromatic rings. The molecule has 1 nitrogen and oxygen atoms in total. The van der Waals surface area contributed by atoms with Crippen LogP contribution in [0, 0.1) is 2.88 Å². The predicted molar refractivity (Wildman–Crippen MR) is 59.0 cm³/mol. The molecule has 1 aromatic heterocycles. The van der Waals surface area contributed by atoms with Gasteiger partial charge in [0.1, 0.15) is 0 Å². The molecule has 1 atom stereocenters. The van der Waals surface area contributed by atoms with E-state index in [-0.39, 0.29) is 0 Å². The Morgan fingerprint density at radius 1 is 1.82 bits per heavy atom. The summed E-state index contributed by atoms with van der Waals surface area (Å²) >= 11 is 4.09. The fourth-order valence-corrected chi connectivity index (χ4v) is 2.32. The zero-order valence-corrected chi connectivity index (χ0v) is 9.28. The lowest BCUT2D eigenvalue weighted by Gasteiger charge is -2.07. The van der Waals surface area contributed by atoms with Gasteiger partial charge in [0.25, 0.3) is 0 Å². The Kier molecular flexibility index (Phi) is 3.54. The van der Waals surface area contributed by atoms with E-state index in [9.17, 15) is 0 Å². The summed E-state index contributed by atoms with van der Waals surface area (Å²) in [6.07, 6.45) is 1.91. The Bertz CT molecular complexity index is 244. The average molecular weight is 279 g/mol. The van der Waals surface area contributed by atoms with Crippen LogP contribution in [0.1, 0.15) is 11.6 Å². The fraction of sp³-hybridized carbons (Fsp3) is 0.250. The van der Waals surface area contributed by atoms with E-state index in [1.54, 1.807) is 11.3 Å². The highest BCUT2D eigenvalue weighted by Gasteiger charge is 2.05. The van der Waals surface area contributed by atoms with Crippen LogP contribution >= 0.6 is 33.9 Å². The van der Waals surface area contributed by atoms with Crippen LogP contribution in [0.3, 0.4) is 0 Å². The lowest BCUT2D eigenvalue weighted by atomic mass is 10.1. The van der Waals surface area contributed by atoms with Crippen LogP contribution < -0.4 is 5.32 Å². The average Bonchev–Trinajstić information content (AvgIpc) is 2.39. The lowest BCUT2D eigenvalue weighted by molar-refractivity contribution is 0.719. The van der Waals surface area contributed by atoms with E-state index in [0.29, 0.717) is 6.04 Å². The number of nitrogens with one attached hydrogen (secondary N) is 1. The molecule has 0 aliphatic heterocycles. The van der Waals surface area contributed by atoms with Gasteiger partial charge in [-0.15, -0.1) is 17.9 Å². The molecule has 0 saturated heterocycles. The first kappa shape index (κ1) is 9.22. The predicted octanol–water partition coefficient (Wildman–Crippen LogP) is 2.80. The molecule has 3 heteroatoms.